The van der Waals surface area contributed by atoms with Gasteiger partial charge in [0.1, 0.15) is 12.4 Å². The first kappa shape index (κ1) is 18.3. The van der Waals surface area contributed by atoms with E-state index >= 15 is 0 Å². The van der Waals surface area contributed by atoms with E-state index in [-0.39, 0.29) is 6.54 Å². The third-order valence-corrected chi connectivity index (χ3v) is 2.79. The summed E-state index contributed by atoms with van der Waals surface area (Å²) in [6, 6.07) is 0. The molecule has 0 aromatic carbocycles. The van der Waals surface area contributed by atoms with E-state index in [2.05, 4.69) is 34.5 Å². The van der Waals surface area contributed by atoms with Crippen LogP contribution in [0.5, 0.6) is 0 Å². The van der Waals surface area contributed by atoms with Gasteiger partial charge in [-0.2, -0.15) is 13.2 Å². The van der Waals surface area contributed by atoms with Gasteiger partial charge in [0.15, 0.2) is 5.96 Å². The average Bonchev–Trinajstić information content (AvgIpc) is 2.81. The Labute approximate surface area is 129 Å². The van der Waals surface area contributed by atoms with Gasteiger partial charge in [0.2, 0.25) is 0 Å². The molecule has 22 heavy (non-hydrogen) atoms. The Morgan fingerprint density at radius 2 is 2.09 bits per heavy atom. The van der Waals surface area contributed by atoms with Gasteiger partial charge in [-0.25, -0.2) is 9.98 Å². The van der Waals surface area contributed by atoms with Crippen molar-refractivity contribution >= 4 is 5.96 Å². The number of hydrogen-bond donors (Lipinski definition) is 2. The zero-order chi connectivity index (χ0) is 16.6. The minimum absolute atomic E-state index is 0.199. The fraction of sp³-hybridized carbons (Fsp3) is 0.714. The van der Waals surface area contributed by atoms with Gasteiger partial charge in [0.25, 0.3) is 0 Å². The topological polar surface area (TPSA) is 54.2 Å². The Bertz CT molecular complexity index is 465. The first-order valence-electron chi connectivity index (χ1n) is 7.40. The molecule has 0 saturated heterocycles. The van der Waals surface area contributed by atoms with Crippen molar-refractivity contribution in [2.75, 3.05) is 13.1 Å². The van der Waals surface area contributed by atoms with Crippen LogP contribution in [0.4, 0.5) is 13.2 Å². The zero-order valence-electron chi connectivity index (χ0n) is 13.2. The second kappa shape index (κ2) is 8.65. The van der Waals surface area contributed by atoms with Crippen LogP contribution in [-0.4, -0.2) is 34.8 Å². The minimum Gasteiger partial charge on any atom is -0.357 e. The summed E-state index contributed by atoms with van der Waals surface area (Å²) in [5.74, 6) is 1.64. The molecule has 1 aromatic heterocycles. The molecule has 1 heterocycles. The molecule has 0 bridgehead atoms. The molecule has 0 saturated carbocycles. The first-order valence-corrected chi connectivity index (χ1v) is 7.40. The lowest BCUT2D eigenvalue weighted by atomic mass is 10.2. The predicted molar refractivity (Wildman–Crippen MR) is 80.6 cm³/mol. The molecule has 0 unspecified atom stereocenters. The van der Waals surface area contributed by atoms with Crippen molar-refractivity contribution in [3.05, 3.63) is 18.2 Å². The van der Waals surface area contributed by atoms with E-state index in [0.29, 0.717) is 25.0 Å². The quantitative estimate of drug-likeness (QED) is 0.600. The summed E-state index contributed by atoms with van der Waals surface area (Å²) in [6.45, 7) is 7.62. The lowest BCUT2D eigenvalue weighted by Crippen LogP contribution is -2.39. The number of nitrogens with one attached hydrogen (secondary N) is 2. The summed E-state index contributed by atoms with van der Waals surface area (Å²) in [4.78, 5) is 8.53. The molecular weight excluding hydrogens is 295 g/mol. The van der Waals surface area contributed by atoms with E-state index in [0.717, 1.165) is 12.4 Å². The largest absolute Gasteiger partial charge is 0.390 e. The van der Waals surface area contributed by atoms with Crippen LogP contribution in [-0.2, 0) is 13.1 Å². The van der Waals surface area contributed by atoms with Crippen LogP contribution >= 0.6 is 0 Å². The number of imidazole rings is 1. The van der Waals surface area contributed by atoms with Crippen LogP contribution in [0, 0.1) is 5.92 Å². The summed E-state index contributed by atoms with van der Waals surface area (Å²) in [6.07, 6.45) is -1.47. The van der Waals surface area contributed by atoms with Gasteiger partial charge in [-0.05, 0) is 12.8 Å². The number of alkyl halides is 3. The lowest BCUT2D eigenvalue weighted by molar-refractivity contribution is -0.132. The Morgan fingerprint density at radius 3 is 2.68 bits per heavy atom. The Kier molecular flexibility index (Phi) is 7.20. The number of aliphatic imine (C=N–C) groups is 1. The van der Waals surface area contributed by atoms with Gasteiger partial charge >= 0.3 is 6.18 Å². The number of guanidine groups is 1. The maximum atomic E-state index is 12.2. The van der Waals surface area contributed by atoms with E-state index in [9.17, 15) is 13.2 Å². The molecule has 1 aromatic rings. The standard InChI is InChI=1S/C14H24F3N5/c1-4-18-13(20-6-5-14(15,16)17)21-9-12-19-7-8-22(12)10-11(2)3/h7-8,11H,4-6,9-10H2,1-3H3,(H2,18,20,21). The third kappa shape index (κ3) is 7.33. The first-order chi connectivity index (χ1) is 10.3. The summed E-state index contributed by atoms with van der Waals surface area (Å²) < 4.78 is 38.5. The molecule has 0 aliphatic rings. The average molecular weight is 319 g/mol. The van der Waals surface area contributed by atoms with Crippen molar-refractivity contribution in [3.8, 4) is 0 Å². The molecule has 8 heteroatoms. The van der Waals surface area contributed by atoms with Gasteiger partial charge < -0.3 is 15.2 Å². The third-order valence-electron chi connectivity index (χ3n) is 2.79. The highest BCUT2D eigenvalue weighted by molar-refractivity contribution is 5.79. The van der Waals surface area contributed by atoms with Crippen LogP contribution in [0.3, 0.4) is 0 Å². The van der Waals surface area contributed by atoms with Gasteiger partial charge in [0, 0.05) is 32.0 Å². The summed E-state index contributed by atoms with van der Waals surface area (Å²) in [5, 5.41) is 5.61. The molecule has 0 atom stereocenters. The Hall–Kier alpha value is -1.73. The molecular formula is C14H24F3N5. The van der Waals surface area contributed by atoms with Gasteiger partial charge in [0.05, 0.1) is 6.42 Å². The van der Waals surface area contributed by atoms with Crippen molar-refractivity contribution in [1.29, 1.82) is 0 Å². The van der Waals surface area contributed by atoms with Gasteiger partial charge in [-0.1, -0.05) is 13.8 Å². The van der Waals surface area contributed by atoms with E-state index < -0.39 is 12.6 Å². The maximum Gasteiger partial charge on any atom is 0.390 e. The van der Waals surface area contributed by atoms with Crippen LogP contribution < -0.4 is 10.6 Å². The molecule has 126 valence electrons. The van der Waals surface area contributed by atoms with Gasteiger partial charge in [-0.15, -0.1) is 0 Å². The predicted octanol–water partition coefficient (Wildman–Crippen LogP) is 2.55. The number of halogens is 3. The van der Waals surface area contributed by atoms with Crippen LogP contribution in [0.2, 0.25) is 0 Å². The molecule has 0 radical (unpaired) electrons. The van der Waals surface area contributed by atoms with Crippen molar-refractivity contribution in [1.82, 2.24) is 20.2 Å². The number of aromatic nitrogens is 2. The van der Waals surface area contributed by atoms with Crippen molar-refractivity contribution in [2.24, 2.45) is 10.9 Å². The van der Waals surface area contributed by atoms with Crippen molar-refractivity contribution in [2.45, 2.75) is 46.5 Å². The lowest BCUT2D eigenvalue weighted by Gasteiger charge is -2.13. The second-order valence-electron chi connectivity index (χ2n) is 5.38. The Morgan fingerprint density at radius 1 is 1.36 bits per heavy atom. The highest BCUT2D eigenvalue weighted by Gasteiger charge is 2.26. The molecule has 5 nitrogen and oxygen atoms in total. The fourth-order valence-electron chi connectivity index (χ4n) is 1.87. The van der Waals surface area contributed by atoms with Crippen LogP contribution in [0.25, 0.3) is 0 Å². The van der Waals surface area contributed by atoms with Crippen LogP contribution in [0.15, 0.2) is 17.4 Å². The number of hydrogen-bond acceptors (Lipinski definition) is 2. The normalized spacial score (nSPS) is 12.8. The number of rotatable bonds is 7. The molecule has 1 rings (SSSR count). The summed E-state index contributed by atoms with van der Waals surface area (Å²) in [7, 11) is 0. The van der Waals surface area contributed by atoms with E-state index in [4.69, 9.17) is 0 Å². The van der Waals surface area contributed by atoms with E-state index in [1.54, 1.807) is 6.20 Å². The fourth-order valence-corrected chi connectivity index (χ4v) is 1.87. The van der Waals surface area contributed by atoms with E-state index in [1.807, 2.05) is 17.7 Å². The minimum atomic E-state index is -4.17. The number of nitrogens with zero attached hydrogens (tertiary/aromatic N) is 3. The second-order valence-corrected chi connectivity index (χ2v) is 5.38. The smallest absolute Gasteiger partial charge is 0.357 e. The molecule has 0 fully saturated rings. The Balaban J connectivity index is 2.60. The highest BCUT2D eigenvalue weighted by Crippen LogP contribution is 2.18. The molecule has 0 spiro atoms. The molecule has 0 amide bonds. The molecule has 2 N–H and O–H groups in total. The van der Waals surface area contributed by atoms with E-state index in [1.165, 1.54) is 0 Å². The zero-order valence-corrected chi connectivity index (χ0v) is 13.2. The van der Waals surface area contributed by atoms with Crippen molar-refractivity contribution < 1.29 is 13.2 Å². The molecule has 0 aliphatic heterocycles. The van der Waals surface area contributed by atoms with Crippen LogP contribution in [0.1, 0.15) is 33.0 Å². The maximum absolute atomic E-state index is 12.2. The summed E-state index contributed by atoms with van der Waals surface area (Å²) in [5.41, 5.74) is 0. The highest BCUT2D eigenvalue weighted by atomic mass is 19.4. The van der Waals surface area contributed by atoms with Gasteiger partial charge in [-0.3, -0.25) is 0 Å². The SMILES string of the molecule is CCNC(=NCc1nccn1CC(C)C)NCCC(F)(F)F. The monoisotopic (exact) mass is 319 g/mol. The molecule has 0 aliphatic carbocycles. The summed E-state index contributed by atoms with van der Waals surface area (Å²) >= 11 is 0. The van der Waals surface area contributed by atoms with Crippen molar-refractivity contribution in [3.63, 3.8) is 0 Å².